The van der Waals surface area contributed by atoms with Crippen molar-refractivity contribution in [3.8, 4) is 0 Å². The molecule has 0 aliphatic carbocycles. The molecule has 0 spiro atoms. The van der Waals surface area contributed by atoms with E-state index in [4.69, 9.17) is 33.2 Å². The number of rotatable bonds is 7. The fourth-order valence-electron chi connectivity index (χ4n) is 6.08. The van der Waals surface area contributed by atoms with Crippen molar-refractivity contribution < 1.29 is 53.0 Å². The van der Waals surface area contributed by atoms with Crippen molar-refractivity contribution in [3.63, 3.8) is 0 Å². The number of carbonyl (C=O) groups excluding carboxylic acids is 2. The third-order valence-corrected chi connectivity index (χ3v) is 8.68. The van der Waals surface area contributed by atoms with Gasteiger partial charge in [0.05, 0.1) is 30.8 Å². The summed E-state index contributed by atoms with van der Waals surface area (Å²) in [5, 5.41) is 23.7. The van der Waals surface area contributed by atoms with Gasteiger partial charge in [-0.15, -0.1) is 0 Å². The Morgan fingerprint density at radius 2 is 1.89 bits per heavy atom. The molecule has 0 aromatic carbocycles. The van der Waals surface area contributed by atoms with E-state index in [1.807, 2.05) is 13.8 Å². The highest BCUT2D eigenvalue weighted by molar-refractivity contribution is 5.86. The highest BCUT2D eigenvalue weighted by Crippen LogP contribution is 2.44. The molecule has 12 nitrogen and oxygen atoms in total. The van der Waals surface area contributed by atoms with Crippen LogP contribution in [0.2, 0.25) is 0 Å². The van der Waals surface area contributed by atoms with Crippen LogP contribution in [0.4, 0.5) is 0 Å². The van der Waals surface area contributed by atoms with Crippen LogP contribution in [0, 0.1) is 11.3 Å². The average Bonchev–Trinajstić information content (AvgIpc) is 2.87. The monoisotopic (exact) mass is 545 g/mol. The number of ketones is 1. The number of ether oxygens (including phenoxy) is 7. The van der Waals surface area contributed by atoms with Crippen molar-refractivity contribution in [1.82, 2.24) is 5.32 Å². The average molecular weight is 546 g/mol. The molecule has 0 radical (unpaired) electrons. The molecule has 38 heavy (non-hydrogen) atoms. The minimum absolute atomic E-state index is 0.122. The summed E-state index contributed by atoms with van der Waals surface area (Å²) in [6.45, 7) is 7.37. The summed E-state index contributed by atoms with van der Waals surface area (Å²) in [6.07, 6.45) is -3.92. The van der Waals surface area contributed by atoms with Crippen LogP contribution in [0.5, 0.6) is 0 Å². The number of nitrogens with one attached hydrogen (secondary N) is 1. The largest absolute Gasteiger partial charge is 0.378 e. The second-order valence-corrected chi connectivity index (χ2v) is 11.5. The van der Waals surface area contributed by atoms with E-state index in [0.29, 0.717) is 12.8 Å². The van der Waals surface area contributed by atoms with Gasteiger partial charge in [0.15, 0.2) is 18.6 Å². The number of fused-ring (bicyclic) bond motifs is 1. The molecule has 0 aromatic rings. The van der Waals surface area contributed by atoms with Gasteiger partial charge in [0, 0.05) is 32.0 Å². The standard InChI is InChI=1S/C26H43NO11/c1-13-14(2)38-26(33-6,11-16(13)28)21(30)23(31)27-24-20-19(34-12-35-24)22(32-5)25(3,4)17(37-20)10-15-8-7-9-18(29)36-15/h13-15,17-22,24,29-30H,7-12H2,1-6H3,(H,27,31)/t13-,14+,15+,17+,18+,19-,20-,21+,22+,24-,26+/m0/s1. The molecular weight excluding hydrogens is 502 g/mol. The van der Waals surface area contributed by atoms with E-state index in [1.165, 1.54) is 7.11 Å². The van der Waals surface area contributed by atoms with Crippen LogP contribution in [0.15, 0.2) is 0 Å². The summed E-state index contributed by atoms with van der Waals surface area (Å²) < 4.78 is 41.0. The molecule has 4 heterocycles. The van der Waals surface area contributed by atoms with E-state index in [0.717, 1.165) is 12.8 Å². The molecule has 4 aliphatic rings. The minimum Gasteiger partial charge on any atom is -0.378 e. The molecule has 218 valence electrons. The van der Waals surface area contributed by atoms with Crippen LogP contribution >= 0.6 is 0 Å². The fourth-order valence-corrected chi connectivity index (χ4v) is 6.08. The zero-order valence-corrected chi connectivity index (χ0v) is 23.1. The number of Topliss-reactive ketones (excluding diaryl/α,β-unsaturated/α-hetero) is 1. The summed E-state index contributed by atoms with van der Waals surface area (Å²) in [4.78, 5) is 25.8. The maximum atomic E-state index is 13.3. The summed E-state index contributed by atoms with van der Waals surface area (Å²) in [5.74, 6) is -3.20. The Labute approximate surface area is 223 Å². The number of carbonyl (C=O) groups is 2. The first-order valence-corrected chi connectivity index (χ1v) is 13.4. The number of methoxy groups -OCH3 is 2. The van der Waals surface area contributed by atoms with Gasteiger partial charge in [0.1, 0.15) is 24.8 Å². The molecule has 3 N–H and O–H groups in total. The molecular formula is C26H43NO11. The van der Waals surface area contributed by atoms with Gasteiger partial charge in [-0.2, -0.15) is 0 Å². The lowest BCUT2D eigenvalue weighted by atomic mass is 9.72. The van der Waals surface area contributed by atoms with E-state index in [-0.39, 0.29) is 37.1 Å². The van der Waals surface area contributed by atoms with Crippen LogP contribution in [0.1, 0.15) is 59.8 Å². The molecule has 12 heteroatoms. The normalized spacial score (nSPS) is 44.2. The van der Waals surface area contributed by atoms with Gasteiger partial charge in [-0.25, -0.2) is 0 Å². The summed E-state index contributed by atoms with van der Waals surface area (Å²) in [7, 11) is 2.89. The first-order chi connectivity index (χ1) is 17.9. The number of aliphatic hydroxyl groups excluding tert-OH is 2. The quantitative estimate of drug-likeness (QED) is 0.413. The molecule has 4 saturated heterocycles. The lowest BCUT2D eigenvalue weighted by Crippen LogP contribution is -2.69. The topological polar surface area (TPSA) is 151 Å². The maximum absolute atomic E-state index is 13.3. The second-order valence-electron chi connectivity index (χ2n) is 11.5. The molecule has 0 saturated carbocycles. The van der Waals surface area contributed by atoms with E-state index in [1.54, 1.807) is 21.0 Å². The zero-order valence-electron chi connectivity index (χ0n) is 23.1. The smallest absolute Gasteiger partial charge is 0.256 e. The van der Waals surface area contributed by atoms with Crippen LogP contribution < -0.4 is 5.32 Å². The van der Waals surface area contributed by atoms with E-state index >= 15 is 0 Å². The van der Waals surface area contributed by atoms with Crippen LogP contribution in [-0.2, 0) is 42.7 Å². The van der Waals surface area contributed by atoms with Gasteiger partial charge >= 0.3 is 0 Å². The van der Waals surface area contributed by atoms with Gasteiger partial charge in [0.25, 0.3) is 5.91 Å². The molecule has 0 aromatic heterocycles. The SMILES string of the molecule is CO[C@@H]1[C@H]2OCO[C@H](NC(=O)[C@@H](O)[C@@]3(OC)CC(=O)[C@@H](C)[C@@H](C)O3)[C@H]2O[C@H](C[C@H]2CCC[C@H](O)O2)C1(C)C. The molecule has 4 rings (SSSR count). The first-order valence-electron chi connectivity index (χ1n) is 13.4. The Balaban J connectivity index is 1.50. The van der Waals surface area contributed by atoms with Crippen molar-refractivity contribution >= 4 is 11.7 Å². The Bertz CT molecular complexity index is 855. The van der Waals surface area contributed by atoms with Crippen molar-refractivity contribution in [3.05, 3.63) is 0 Å². The number of aliphatic hydroxyl groups is 2. The number of hydrogen-bond acceptors (Lipinski definition) is 11. The van der Waals surface area contributed by atoms with Gasteiger partial charge in [-0.3, -0.25) is 9.59 Å². The molecule has 11 atom stereocenters. The van der Waals surface area contributed by atoms with Crippen LogP contribution in [-0.4, -0.2) is 104 Å². The molecule has 0 unspecified atom stereocenters. The van der Waals surface area contributed by atoms with Gasteiger partial charge in [-0.05, 0) is 26.2 Å². The lowest BCUT2D eigenvalue weighted by molar-refractivity contribution is -0.334. The summed E-state index contributed by atoms with van der Waals surface area (Å²) >= 11 is 0. The number of hydrogen-bond donors (Lipinski definition) is 3. The van der Waals surface area contributed by atoms with Crippen molar-refractivity contribution in [2.24, 2.45) is 11.3 Å². The maximum Gasteiger partial charge on any atom is 0.256 e. The Morgan fingerprint density at radius 1 is 1.16 bits per heavy atom. The van der Waals surface area contributed by atoms with Gasteiger partial charge in [-0.1, -0.05) is 20.8 Å². The first kappa shape index (κ1) is 29.8. The highest BCUT2D eigenvalue weighted by Gasteiger charge is 2.57. The minimum atomic E-state index is -1.82. The zero-order chi connectivity index (χ0) is 27.8. The van der Waals surface area contributed by atoms with E-state index in [9.17, 15) is 19.8 Å². The third kappa shape index (κ3) is 5.65. The third-order valence-electron chi connectivity index (χ3n) is 8.68. The second kappa shape index (κ2) is 11.7. The van der Waals surface area contributed by atoms with E-state index in [2.05, 4.69) is 5.32 Å². The van der Waals surface area contributed by atoms with Crippen molar-refractivity contribution in [2.75, 3.05) is 21.0 Å². The molecule has 4 fully saturated rings. The Kier molecular flexibility index (Phi) is 9.17. The fraction of sp³-hybridized carbons (Fsp3) is 0.923. The number of amides is 1. The predicted molar refractivity (Wildman–Crippen MR) is 130 cm³/mol. The molecule has 1 amide bonds. The molecule has 0 bridgehead atoms. The summed E-state index contributed by atoms with van der Waals surface area (Å²) in [5.41, 5.74) is -0.490. The van der Waals surface area contributed by atoms with Gasteiger partial charge in [0.2, 0.25) is 5.79 Å². The molecule has 4 aliphatic heterocycles. The predicted octanol–water partition coefficient (Wildman–Crippen LogP) is 0.605. The highest BCUT2D eigenvalue weighted by atomic mass is 16.7. The van der Waals surface area contributed by atoms with Crippen molar-refractivity contribution in [1.29, 1.82) is 0 Å². The Hall–Kier alpha value is -1.22. The Morgan fingerprint density at radius 3 is 2.53 bits per heavy atom. The van der Waals surface area contributed by atoms with Crippen LogP contribution in [0.3, 0.4) is 0 Å². The van der Waals surface area contributed by atoms with Crippen molar-refractivity contribution in [2.45, 2.75) is 121 Å². The lowest BCUT2D eigenvalue weighted by Gasteiger charge is -2.54. The van der Waals surface area contributed by atoms with Gasteiger partial charge < -0.3 is 48.7 Å². The van der Waals surface area contributed by atoms with E-state index < -0.39 is 60.1 Å². The summed E-state index contributed by atoms with van der Waals surface area (Å²) in [6, 6.07) is 0. The van der Waals surface area contributed by atoms with Crippen LogP contribution in [0.25, 0.3) is 0 Å².